The molecule has 4 nitrogen and oxygen atoms in total. The van der Waals surface area contributed by atoms with Gasteiger partial charge in [0.2, 0.25) is 0 Å². The first-order chi connectivity index (χ1) is 11.7. The van der Waals surface area contributed by atoms with Gasteiger partial charge in [0.05, 0.1) is 10.7 Å². The fourth-order valence-corrected chi connectivity index (χ4v) is 5.53. The van der Waals surface area contributed by atoms with Crippen LogP contribution >= 0.6 is 11.6 Å². The number of aromatic nitrogens is 2. The second kappa shape index (κ2) is 5.47. The molecule has 0 N–H and O–H groups in total. The van der Waals surface area contributed by atoms with Crippen LogP contribution in [-0.2, 0) is 6.42 Å². The van der Waals surface area contributed by atoms with Crippen LogP contribution in [0.4, 0.5) is 0 Å². The molecule has 2 bridgehead atoms. The first-order valence-corrected chi connectivity index (χ1v) is 9.57. The second-order valence-corrected chi connectivity index (χ2v) is 9.42. The summed E-state index contributed by atoms with van der Waals surface area (Å²) < 4.78 is 1.87. The first-order valence-electron chi connectivity index (χ1n) is 9.19. The Kier molecular flexibility index (Phi) is 3.70. The minimum absolute atomic E-state index is 0.109. The molecule has 25 heavy (non-hydrogen) atoms. The molecule has 0 spiro atoms. The van der Waals surface area contributed by atoms with Gasteiger partial charge >= 0.3 is 0 Å². The summed E-state index contributed by atoms with van der Waals surface area (Å²) in [7, 11) is 0. The van der Waals surface area contributed by atoms with Gasteiger partial charge in [-0.15, -0.1) is 0 Å². The van der Waals surface area contributed by atoms with E-state index in [2.05, 4.69) is 30.7 Å². The smallest absolute Gasteiger partial charge is 0.273 e. The van der Waals surface area contributed by atoms with Gasteiger partial charge in [-0.05, 0) is 48.6 Å². The van der Waals surface area contributed by atoms with Crippen LogP contribution in [0.5, 0.6) is 0 Å². The predicted octanol–water partition coefficient (Wildman–Crippen LogP) is 4.59. The zero-order chi connectivity index (χ0) is 18.0. The van der Waals surface area contributed by atoms with Gasteiger partial charge < -0.3 is 4.90 Å². The molecule has 5 heteroatoms. The maximum atomic E-state index is 13.5. The fourth-order valence-electron chi connectivity index (χ4n) is 5.37. The van der Waals surface area contributed by atoms with Gasteiger partial charge in [-0.2, -0.15) is 0 Å². The highest BCUT2D eigenvalue weighted by Gasteiger charge is 2.51. The Hall–Kier alpha value is -1.55. The van der Waals surface area contributed by atoms with Crippen molar-refractivity contribution in [3.05, 3.63) is 34.7 Å². The van der Waals surface area contributed by atoms with E-state index in [1.54, 1.807) is 0 Å². The molecule has 0 radical (unpaired) electrons. The molecule has 2 atom stereocenters. The lowest BCUT2D eigenvalue weighted by Gasteiger charge is -2.39. The third-order valence-electron chi connectivity index (χ3n) is 5.87. The number of carbonyl (C=O) groups excluding carboxylic acids is 1. The lowest BCUT2D eigenvalue weighted by Crippen LogP contribution is -2.38. The van der Waals surface area contributed by atoms with Crippen molar-refractivity contribution in [3.8, 4) is 0 Å². The number of hydrogen-bond acceptors (Lipinski definition) is 2. The van der Waals surface area contributed by atoms with Crippen molar-refractivity contribution in [1.29, 1.82) is 0 Å². The Morgan fingerprint density at radius 3 is 2.80 bits per heavy atom. The summed E-state index contributed by atoms with van der Waals surface area (Å²) in [6.45, 7) is 9.89. The molecule has 2 aliphatic rings. The number of halogens is 1. The van der Waals surface area contributed by atoms with E-state index in [4.69, 9.17) is 11.6 Å². The molecule has 1 amide bonds. The summed E-state index contributed by atoms with van der Waals surface area (Å²) in [6.07, 6.45) is 5.92. The van der Waals surface area contributed by atoms with Crippen molar-refractivity contribution in [2.24, 2.45) is 10.8 Å². The molecule has 2 aromatic heterocycles. The minimum atomic E-state index is 0.109. The zero-order valence-corrected chi connectivity index (χ0v) is 16.2. The number of imidazole rings is 1. The normalized spacial score (nSPS) is 27.9. The van der Waals surface area contributed by atoms with E-state index in [1.807, 2.05) is 29.7 Å². The van der Waals surface area contributed by atoms with Crippen molar-refractivity contribution >= 4 is 23.2 Å². The van der Waals surface area contributed by atoms with Crippen molar-refractivity contribution in [2.45, 2.75) is 59.4 Å². The highest BCUT2D eigenvalue weighted by Crippen LogP contribution is 2.52. The third-order valence-corrected chi connectivity index (χ3v) is 6.09. The number of hydrogen-bond donors (Lipinski definition) is 0. The quantitative estimate of drug-likeness (QED) is 0.786. The molecule has 1 aliphatic carbocycles. The van der Waals surface area contributed by atoms with E-state index in [0.717, 1.165) is 37.1 Å². The molecule has 4 rings (SSSR count). The van der Waals surface area contributed by atoms with Gasteiger partial charge in [-0.3, -0.25) is 9.20 Å². The summed E-state index contributed by atoms with van der Waals surface area (Å²) in [6, 6.07) is 4.03. The molecular formula is C20H26ClN3O. The number of carbonyl (C=O) groups is 1. The maximum Gasteiger partial charge on any atom is 0.273 e. The van der Waals surface area contributed by atoms with E-state index < -0.39 is 0 Å². The number of fused-ring (bicyclic) bond motifs is 3. The lowest BCUT2D eigenvalue weighted by molar-refractivity contribution is 0.0700. The number of amides is 1. The van der Waals surface area contributed by atoms with E-state index in [9.17, 15) is 4.79 Å². The summed E-state index contributed by atoms with van der Waals surface area (Å²) >= 11 is 6.18. The molecular weight excluding hydrogens is 334 g/mol. The van der Waals surface area contributed by atoms with Crippen LogP contribution in [0.15, 0.2) is 18.3 Å². The zero-order valence-electron chi connectivity index (χ0n) is 15.5. The Labute approximate surface area is 154 Å². The summed E-state index contributed by atoms with van der Waals surface area (Å²) in [4.78, 5) is 20.3. The molecule has 3 heterocycles. The van der Waals surface area contributed by atoms with Crippen LogP contribution < -0.4 is 0 Å². The van der Waals surface area contributed by atoms with Crippen molar-refractivity contribution in [2.75, 3.05) is 6.54 Å². The maximum absolute atomic E-state index is 13.5. The minimum Gasteiger partial charge on any atom is -0.334 e. The van der Waals surface area contributed by atoms with Crippen LogP contribution in [-0.4, -0.2) is 32.8 Å². The SMILES string of the molecule is CCc1nc2ccc(Cl)cn2c1C(=O)N1CC2(C)CC1CC(C)(C)C2. The van der Waals surface area contributed by atoms with E-state index in [-0.39, 0.29) is 11.3 Å². The number of nitrogens with zero attached hydrogens (tertiary/aromatic N) is 3. The van der Waals surface area contributed by atoms with Crippen LogP contribution in [0.25, 0.3) is 5.65 Å². The molecule has 2 aromatic rings. The van der Waals surface area contributed by atoms with Crippen molar-refractivity contribution in [3.63, 3.8) is 0 Å². The molecule has 2 fully saturated rings. The highest BCUT2D eigenvalue weighted by atomic mass is 35.5. The molecule has 134 valence electrons. The molecule has 0 aromatic carbocycles. The van der Waals surface area contributed by atoms with Gasteiger partial charge in [-0.1, -0.05) is 39.3 Å². The van der Waals surface area contributed by atoms with E-state index in [0.29, 0.717) is 22.2 Å². The topological polar surface area (TPSA) is 37.6 Å². The van der Waals surface area contributed by atoms with Gasteiger partial charge in [0.15, 0.2) is 0 Å². The monoisotopic (exact) mass is 359 g/mol. The van der Waals surface area contributed by atoms with Gasteiger partial charge in [-0.25, -0.2) is 4.98 Å². The number of aryl methyl sites for hydroxylation is 1. The molecule has 1 aliphatic heterocycles. The highest BCUT2D eigenvalue weighted by molar-refractivity contribution is 6.30. The number of rotatable bonds is 2. The Morgan fingerprint density at radius 2 is 2.08 bits per heavy atom. The van der Waals surface area contributed by atoms with Crippen LogP contribution in [0.3, 0.4) is 0 Å². The largest absolute Gasteiger partial charge is 0.334 e. The molecule has 2 unspecified atom stereocenters. The van der Waals surface area contributed by atoms with Crippen molar-refractivity contribution in [1.82, 2.24) is 14.3 Å². The second-order valence-electron chi connectivity index (χ2n) is 8.98. The Bertz CT molecular complexity index is 856. The number of pyridine rings is 1. The van der Waals surface area contributed by atoms with Gasteiger partial charge in [0.1, 0.15) is 11.3 Å². The van der Waals surface area contributed by atoms with E-state index >= 15 is 0 Å². The average molecular weight is 360 g/mol. The Morgan fingerprint density at radius 1 is 1.32 bits per heavy atom. The Balaban J connectivity index is 1.77. The summed E-state index contributed by atoms with van der Waals surface area (Å²) in [5.41, 5.74) is 2.86. The van der Waals surface area contributed by atoms with Crippen LogP contribution in [0.2, 0.25) is 5.02 Å². The first kappa shape index (κ1) is 16.9. The standard InChI is InChI=1S/C20H26ClN3O/c1-5-15-17(23-10-13(21)6-7-16(23)22-15)18(25)24-12-20(4)9-14(24)8-19(2,3)11-20/h6-7,10,14H,5,8-9,11-12H2,1-4H3. The summed E-state index contributed by atoms with van der Waals surface area (Å²) in [5.74, 6) is 0.109. The average Bonchev–Trinajstić information content (AvgIpc) is 2.99. The third kappa shape index (κ3) is 2.75. The molecule has 1 saturated carbocycles. The summed E-state index contributed by atoms with van der Waals surface area (Å²) in [5, 5.41) is 0.620. The number of likely N-dealkylation sites (tertiary alicyclic amines) is 1. The van der Waals surface area contributed by atoms with Crippen LogP contribution in [0.1, 0.15) is 63.1 Å². The predicted molar refractivity (Wildman–Crippen MR) is 100 cm³/mol. The lowest BCUT2D eigenvalue weighted by atomic mass is 9.65. The van der Waals surface area contributed by atoms with Crippen LogP contribution in [0, 0.1) is 10.8 Å². The van der Waals surface area contributed by atoms with Gasteiger partial charge in [0.25, 0.3) is 5.91 Å². The van der Waals surface area contributed by atoms with Gasteiger partial charge in [0, 0.05) is 18.8 Å². The molecule has 1 saturated heterocycles. The fraction of sp³-hybridized carbons (Fsp3) is 0.600. The van der Waals surface area contributed by atoms with Crippen molar-refractivity contribution < 1.29 is 4.79 Å². The van der Waals surface area contributed by atoms with E-state index in [1.165, 1.54) is 6.42 Å².